The maximum atomic E-state index is 13.5. The number of piperidine rings is 1. The third-order valence-corrected chi connectivity index (χ3v) is 5.70. The van der Waals surface area contributed by atoms with E-state index in [1.54, 1.807) is 0 Å². The zero-order valence-electron chi connectivity index (χ0n) is 17.0. The average Bonchev–Trinajstić information content (AvgIpc) is 3.25. The van der Waals surface area contributed by atoms with Gasteiger partial charge in [-0.3, -0.25) is 4.79 Å². The lowest BCUT2D eigenvalue weighted by molar-refractivity contribution is -0.137. The highest BCUT2D eigenvalue weighted by atomic mass is 16.5. The van der Waals surface area contributed by atoms with E-state index in [0.29, 0.717) is 11.7 Å². The molecule has 1 aromatic heterocycles. The highest BCUT2D eigenvalue weighted by Gasteiger charge is 2.35. The molecule has 5 nitrogen and oxygen atoms in total. The first-order valence-corrected chi connectivity index (χ1v) is 10.4. The van der Waals surface area contributed by atoms with Crippen LogP contribution in [0.2, 0.25) is 0 Å². The maximum absolute atomic E-state index is 13.5. The first-order chi connectivity index (χ1) is 14.2. The van der Waals surface area contributed by atoms with E-state index < -0.39 is 0 Å². The van der Waals surface area contributed by atoms with Crippen LogP contribution in [0.1, 0.15) is 61.6 Å². The molecule has 4 rings (SSSR count). The molecule has 0 spiro atoms. The second-order valence-electron chi connectivity index (χ2n) is 7.74. The third kappa shape index (κ3) is 4.09. The van der Waals surface area contributed by atoms with Gasteiger partial charge in [0.15, 0.2) is 0 Å². The van der Waals surface area contributed by atoms with Crippen molar-refractivity contribution in [2.24, 2.45) is 0 Å². The van der Waals surface area contributed by atoms with Crippen LogP contribution < -0.4 is 0 Å². The minimum Gasteiger partial charge on any atom is -0.337 e. The average molecular weight is 389 g/mol. The summed E-state index contributed by atoms with van der Waals surface area (Å²) in [6.07, 6.45) is 3.68. The summed E-state index contributed by atoms with van der Waals surface area (Å²) in [7, 11) is 0. The molecule has 2 heterocycles. The number of benzene rings is 2. The number of aryl methyl sites for hydroxylation is 1. The topological polar surface area (TPSA) is 59.2 Å². The summed E-state index contributed by atoms with van der Waals surface area (Å²) < 4.78 is 5.64. The number of hydrogen-bond acceptors (Lipinski definition) is 4. The van der Waals surface area contributed by atoms with E-state index in [1.807, 2.05) is 66.4 Å². The van der Waals surface area contributed by atoms with Crippen LogP contribution in [0.3, 0.4) is 0 Å². The Hall–Kier alpha value is -2.95. The summed E-state index contributed by atoms with van der Waals surface area (Å²) >= 11 is 0. The first kappa shape index (κ1) is 19.4. The molecular weight excluding hydrogens is 362 g/mol. The number of aromatic nitrogens is 2. The molecule has 29 heavy (non-hydrogen) atoms. The molecule has 1 saturated heterocycles. The van der Waals surface area contributed by atoms with E-state index in [4.69, 9.17) is 4.52 Å². The molecule has 2 atom stereocenters. The van der Waals surface area contributed by atoms with Crippen molar-refractivity contribution in [2.45, 2.75) is 51.5 Å². The quantitative estimate of drug-likeness (QED) is 0.595. The number of nitrogens with zero attached hydrogens (tertiary/aromatic N) is 3. The molecule has 0 radical (unpaired) electrons. The number of likely N-dealkylation sites (tertiary alicyclic amines) is 1. The summed E-state index contributed by atoms with van der Waals surface area (Å²) in [5, 5.41) is 4.20. The summed E-state index contributed by atoms with van der Waals surface area (Å²) in [6.45, 7) is 4.84. The van der Waals surface area contributed by atoms with Crippen molar-refractivity contribution < 1.29 is 9.32 Å². The highest BCUT2D eigenvalue weighted by Crippen LogP contribution is 2.34. The lowest BCUT2D eigenvalue weighted by atomic mass is 9.92. The van der Waals surface area contributed by atoms with Gasteiger partial charge in [0, 0.05) is 12.1 Å². The Morgan fingerprint density at radius 1 is 1.17 bits per heavy atom. The van der Waals surface area contributed by atoms with E-state index >= 15 is 0 Å². The van der Waals surface area contributed by atoms with E-state index in [-0.39, 0.29) is 17.9 Å². The monoisotopic (exact) mass is 389 g/mol. The molecule has 1 fully saturated rings. The van der Waals surface area contributed by atoms with Gasteiger partial charge in [-0.25, -0.2) is 0 Å². The molecule has 1 aliphatic rings. The molecule has 0 N–H and O–H groups in total. The van der Waals surface area contributed by atoms with Crippen molar-refractivity contribution in [1.29, 1.82) is 0 Å². The fourth-order valence-corrected chi connectivity index (χ4v) is 4.16. The number of hydrogen-bond donors (Lipinski definition) is 0. The molecule has 5 heteroatoms. The summed E-state index contributed by atoms with van der Waals surface area (Å²) in [5.41, 5.74) is 3.15. The lowest BCUT2D eigenvalue weighted by Gasteiger charge is -2.35. The van der Waals surface area contributed by atoms with Gasteiger partial charge in [-0.1, -0.05) is 66.2 Å². The number of amides is 1. The Kier molecular flexibility index (Phi) is 5.74. The zero-order chi connectivity index (χ0) is 20.2. The molecule has 150 valence electrons. The van der Waals surface area contributed by atoms with Gasteiger partial charge >= 0.3 is 0 Å². The van der Waals surface area contributed by atoms with Crippen LogP contribution >= 0.6 is 0 Å². The van der Waals surface area contributed by atoms with E-state index in [1.165, 1.54) is 0 Å². The summed E-state index contributed by atoms with van der Waals surface area (Å²) in [5.74, 6) is 1.13. The minimum absolute atomic E-state index is 0.143. The number of carbonyl (C=O) groups is 1. The molecule has 1 aliphatic heterocycles. The Morgan fingerprint density at radius 2 is 2.00 bits per heavy atom. The number of carbonyl (C=O) groups excluding carboxylic acids is 1. The Balaban J connectivity index is 1.60. The van der Waals surface area contributed by atoms with Crippen LogP contribution in [0.25, 0.3) is 11.4 Å². The van der Waals surface area contributed by atoms with Gasteiger partial charge < -0.3 is 9.42 Å². The largest absolute Gasteiger partial charge is 0.337 e. The molecule has 0 aliphatic carbocycles. The minimum atomic E-state index is -0.153. The molecule has 2 unspecified atom stereocenters. The second kappa shape index (κ2) is 8.60. The summed E-state index contributed by atoms with van der Waals surface area (Å²) in [6, 6.07) is 17.9. The van der Waals surface area contributed by atoms with Crippen LogP contribution in [0, 0.1) is 6.92 Å². The van der Waals surface area contributed by atoms with E-state index in [0.717, 1.165) is 48.9 Å². The van der Waals surface area contributed by atoms with E-state index in [9.17, 15) is 4.79 Å². The molecule has 0 saturated carbocycles. The van der Waals surface area contributed by atoms with Gasteiger partial charge in [0.1, 0.15) is 6.04 Å². The van der Waals surface area contributed by atoms with Gasteiger partial charge in [-0.2, -0.15) is 4.98 Å². The number of rotatable bonds is 5. The predicted octanol–water partition coefficient (Wildman–Crippen LogP) is 5.29. The van der Waals surface area contributed by atoms with Crippen LogP contribution in [-0.4, -0.2) is 27.5 Å². The van der Waals surface area contributed by atoms with Gasteiger partial charge in [-0.15, -0.1) is 0 Å². The molecule has 1 amide bonds. The van der Waals surface area contributed by atoms with Gasteiger partial charge in [-0.05, 0) is 44.2 Å². The van der Waals surface area contributed by atoms with Crippen molar-refractivity contribution in [3.8, 4) is 11.4 Å². The fraction of sp³-hybridized carbons (Fsp3) is 0.375. The predicted molar refractivity (Wildman–Crippen MR) is 112 cm³/mol. The van der Waals surface area contributed by atoms with Crippen LogP contribution in [0.15, 0.2) is 59.1 Å². The van der Waals surface area contributed by atoms with Crippen molar-refractivity contribution in [2.75, 3.05) is 6.54 Å². The van der Waals surface area contributed by atoms with Crippen molar-refractivity contribution in [3.05, 3.63) is 71.6 Å². The lowest BCUT2D eigenvalue weighted by Crippen LogP contribution is -2.41. The van der Waals surface area contributed by atoms with Gasteiger partial charge in [0.05, 0.1) is 5.92 Å². The van der Waals surface area contributed by atoms with Crippen LogP contribution in [-0.2, 0) is 4.79 Å². The maximum Gasteiger partial charge on any atom is 0.249 e. The normalized spacial score (nSPS) is 17.9. The second-order valence-corrected chi connectivity index (χ2v) is 7.74. The molecule has 0 bridgehead atoms. The van der Waals surface area contributed by atoms with E-state index in [2.05, 4.69) is 17.1 Å². The highest BCUT2D eigenvalue weighted by molar-refractivity contribution is 5.84. The Labute approximate surface area is 171 Å². The Morgan fingerprint density at radius 3 is 2.76 bits per heavy atom. The van der Waals surface area contributed by atoms with Crippen molar-refractivity contribution in [1.82, 2.24) is 15.0 Å². The molecular formula is C24H27N3O2. The Bertz CT molecular complexity index is 967. The van der Waals surface area contributed by atoms with Crippen LogP contribution in [0.5, 0.6) is 0 Å². The van der Waals surface area contributed by atoms with Crippen LogP contribution in [0.4, 0.5) is 0 Å². The molecule has 3 aromatic rings. The van der Waals surface area contributed by atoms with Gasteiger partial charge in [0.2, 0.25) is 17.6 Å². The molecule has 2 aromatic carbocycles. The summed E-state index contributed by atoms with van der Waals surface area (Å²) in [4.78, 5) is 20.1. The van der Waals surface area contributed by atoms with Crippen molar-refractivity contribution in [3.63, 3.8) is 0 Å². The fourth-order valence-electron chi connectivity index (χ4n) is 4.16. The zero-order valence-corrected chi connectivity index (χ0v) is 17.0. The first-order valence-electron chi connectivity index (χ1n) is 10.4. The smallest absolute Gasteiger partial charge is 0.249 e. The van der Waals surface area contributed by atoms with Crippen molar-refractivity contribution >= 4 is 5.91 Å². The van der Waals surface area contributed by atoms with Gasteiger partial charge in [0.25, 0.3) is 0 Å². The SMILES string of the molecule is CCC(C(=O)N1CCCCC1c1nc(-c2cccc(C)c2)no1)c1ccccc1. The standard InChI is InChI=1S/C24H27N3O2/c1-3-20(18-11-5-4-6-12-18)24(28)27-15-8-7-14-21(27)23-25-22(26-29-23)19-13-9-10-17(2)16-19/h4-6,9-13,16,20-21H,3,7-8,14-15H2,1-2H3. The third-order valence-electron chi connectivity index (χ3n) is 5.70.